The monoisotopic (exact) mass is 380 g/mol. The van der Waals surface area contributed by atoms with Gasteiger partial charge in [-0.1, -0.05) is 24.3 Å². The third kappa shape index (κ3) is 3.75. The zero-order valence-corrected chi connectivity index (χ0v) is 14.0. The van der Waals surface area contributed by atoms with Crippen LogP contribution in [0.5, 0.6) is 0 Å². The van der Waals surface area contributed by atoms with Gasteiger partial charge in [0.15, 0.2) is 0 Å². The molecular formula is C18H12N4O6. The van der Waals surface area contributed by atoms with E-state index < -0.39 is 34.4 Å². The molecule has 0 atom stereocenters. The number of benzene rings is 2. The van der Waals surface area contributed by atoms with Crippen molar-refractivity contribution in [2.45, 2.75) is 0 Å². The van der Waals surface area contributed by atoms with Gasteiger partial charge >= 0.3 is 11.9 Å². The highest BCUT2D eigenvalue weighted by Gasteiger charge is 2.12. The molecule has 4 N–H and O–H groups in total. The van der Waals surface area contributed by atoms with Crippen molar-refractivity contribution >= 4 is 34.0 Å². The van der Waals surface area contributed by atoms with Crippen LogP contribution in [0.3, 0.4) is 0 Å². The van der Waals surface area contributed by atoms with Crippen LogP contribution >= 0.6 is 0 Å². The van der Waals surface area contributed by atoms with Crippen molar-refractivity contribution in [3.63, 3.8) is 0 Å². The summed E-state index contributed by atoms with van der Waals surface area (Å²) in [6.45, 7) is 0. The Morgan fingerprint density at radius 3 is 1.39 bits per heavy atom. The van der Waals surface area contributed by atoms with Gasteiger partial charge in [0.25, 0.3) is 11.1 Å². The summed E-state index contributed by atoms with van der Waals surface area (Å²) < 4.78 is 0. The topological polar surface area (TPSA) is 166 Å². The van der Waals surface area contributed by atoms with E-state index in [1.54, 1.807) is 48.5 Å². The lowest BCUT2D eigenvalue weighted by Gasteiger charge is -1.97. The van der Waals surface area contributed by atoms with Crippen LogP contribution < -0.4 is 11.1 Å². The minimum absolute atomic E-state index is 0.463. The summed E-state index contributed by atoms with van der Waals surface area (Å²) in [5.41, 5.74) is -0.348. The number of rotatable bonds is 2. The Morgan fingerprint density at radius 2 is 1.04 bits per heavy atom. The van der Waals surface area contributed by atoms with Crippen molar-refractivity contribution < 1.29 is 19.8 Å². The normalized spacial score (nSPS) is 10.3. The first kappa shape index (κ1) is 18.5. The fraction of sp³-hybridized carbons (Fsp3) is 0. The highest BCUT2D eigenvalue weighted by atomic mass is 16.4. The average molecular weight is 380 g/mol. The third-order valence-corrected chi connectivity index (χ3v) is 3.60. The standard InChI is InChI=1S/2C9H6N2O3/c2*12-8-7(9(13)14)10-5-3-1-2-4-6(5)11-8/h2*1-4H,(H,11,12)(H,13,14). The van der Waals surface area contributed by atoms with E-state index in [0.717, 1.165) is 0 Å². The zero-order chi connectivity index (χ0) is 20.3. The summed E-state index contributed by atoms with van der Waals surface area (Å²) in [7, 11) is 0. The second-order valence-electron chi connectivity index (χ2n) is 5.47. The number of aromatic amines is 2. The summed E-state index contributed by atoms with van der Waals surface area (Å²) >= 11 is 0. The number of carboxylic acid groups (broad SMARTS) is 2. The number of hydrogen-bond acceptors (Lipinski definition) is 6. The smallest absolute Gasteiger partial charge is 0.360 e. The molecule has 0 fully saturated rings. The molecule has 2 heterocycles. The molecule has 0 saturated heterocycles. The molecule has 2 aromatic heterocycles. The largest absolute Gasteiger partial charge is 0.476 e. The van der Waals surface area contributed by atoms with Gasteiger partial charge in [0.05, 0.1) is 22.1 Å². The maximum Gasteiger partial charge on any atom is 0.360 e. The Balaban J connectivity index is 0.000000161. The molecule has 4 rings (SSSR count). The van der Waals surface area contributed by atoms with E-state index in [9.17, 15) is 19.2 Å². The van der Waals surface area contributed by atoms with Gasteiger partial charge in [-0.15, -0.1) is 0 Å². The fourth-order valence-corrected chi connectivity index (χ4v) is 2.35. The first-order valence-electron chi connectivity index (χ1n) is 7.81. The van der Waals surface area contributed by atoms with Crippen LogP contribution in [0, 0.1) is 0 Å². The lowest BCUT2D eigenvalue weighted by molar-refractivity contribution is 0.0678. The van der Waals surface area contributed by atoms with Crippen molar-refractivity contribution in [3.05, 3.63) is 80.6 Å². The molecule has 0 bridgehead atoms. The summed E-state index contributed by atoms with van der Waals surface area (Å²) in [5, 5.41) is 17.3. The minimum atomic E-state index is -1.32. The molecule has 2 aromatic carbocycles. The molecule has 10 heteroatoms. The SMILES string of the molecule is O=C(O)c1nc2ccccc2[nH]c1=O.O=C(O)c1nc2ccccc2[nH]c1=O. The van der Waals surface area contributed by atoms with Gasteiger partial charge in [0, 0.05) is 0 Å². The van der Waals surface area contributed by atoms with Crippen LogP contribution in [0.25, 0.3) is 22.1 Å². The predicted molar refractivity (Wildman–Crippen MR) is 98.6 cm³/mol. The average Bonchev–Trinajstić information content (AvgIpc) is 2.67. The van der Waals surface area contributed by atoms with Crippen molar-refractivity contribution in [1.29, 1.82) is 0 Å². The summed E-state index contributed by atoms with van der Waals surface area (Å²) in [5.74, 6) is -2.64. The Labute approximate surface area is 155 Å². The zero-order valence-electron chi connectivity index (χ0n) is 14.0. The summed E-state index contributed by atoms with van der Waals surface area (Å²) in [4.78, 5) is 55.9. The Morgan fingerprint density at radius 1 is 0.679 bits per heavy atom. The number of hydrogen-bond donors (Lipinski definition) is 4. The molecule has 28 heavy (non-hydrogen) atoms. The van der Waals surface area contributed by atoms with E-state index in [1.807, 2.05) is 0 Å². The van der Waals surface area contributed by atoms with Gasteiger partial charge in [0.2, 0.25) is 11.4 Å². The number of aromatic carboxylic acids is 2. The van der Waals surface area contributed by atoms with Crippen molar-refractivity contribution in [2.24, 2.45) is 0 Å². The second-order valence-corrected chi connectivity index (χ2v) is 5.47. The number of fused-ring (bicyclic) bond motifs is 2. The van der Waals surface area contributed by atoms with Gasteiger partial charge in [0.1, 0.15) is 0 Å². The lowest BCUT2D eigenvalue weighted by atomic mass is 10.3. The molecule has 0 spiro atoms. The van der Waals surface area contributed by atoms with Crippen LogP contribution in [0.4, 0.5) is 0 Å². The second kappa shape index (κ2) is 7.50. The van der Waals surface area contributed by atoms with E-state index >= 15 is 0 Å². The van der Waals surface area contributed by atoms with Crippen LogP contribution in [-0.4, -0.2) is 42.1 Å². The molecule has 0 aliphatic rings. The molecular weight excluding hydrogens is 368 g/mol. The number of nitrogens with one attached hydrogen (secondary N) is 2. The van der Waals surface area contributed by atoms with Crippen LogP contribution in [0.1, 0.15) is 21.0 Å². The van der Waals surface area contributed by atoms with E-state index in [0.29, 0.717) is 22.1 Å². The lowest BCUT2D eigenvalue weighted by Crippen LogP contribution is -2.19. The first-order chi connectivity index (χ1) is 13.4. The molecule has 0 aliphatic heterocycles. The maximum atomic E-state index is 11.2. The number of nitrogens with zero attached hydrogens (tertiary/aromatic N) is 2. The molecule has 0 unspecified atom stereocenters. The first-order valence-corrected chi connectivity index (χ1v) is 7.81. The van der Waals surface area contributed by atoms with E-state index in [4.69, 9.17) is 10.2 Å². The number of aromatic nitrogens is 4. The van der Waals surface area contributed by atoms with Crippen molar-refractivity contribution in [1.82, 2.24) is 19.9 Å². The van der Waals surface area contributed by atoms with Gasteiger partial charge in [-0.05, 0) is 24.3 Å². The maximum absolute atomic E-state index is 11.2. The Bertz CT molecular complexity index is 1220. The minimum Gasteiger partial charge on any atom is -0.476 e. The number of para-hydroxylation sites is 4. The molecule has 0 amide bonds. The molecule has 0 aliphatic carbocycles. The number of H-pyrrole nitrogens is 2. The number of carboxylic acids is 2. The van der Waals surface area contributed by atoms with Crippen LogP contribution in [-0.2, 0) is 0 Å². The third-order valence-electron chi connectivity index (χ3n) is 3.60. The Kier molecular flexibility index (Phi) is 4.94. The summed E-state index contributed by atoms with van der Waals surface area (Å²) in [6, 6.07) is 13.5. The predicted octanol–water partition coefficient (Wildman–Crippen LogP) is 1.24. The quantitative estimate of drug-likeness (QED) is 0.403. The highest BCUT2D eigenvalue weighted by molar-refractivity contribution is 5.88. The molecule has 140 valence electrons. The summed E-state index contributed by atoms with van der Waals surface area (Å²) in [6.07, 6.45) is 0. The van der Waals surface area contributed by atoms with E-state index in [-0.39, 0.29) is 0 Å². The fourth-order valence-electron chi connectivity index (χ4n) is 2.35. The Hall–Kier alpha value is -4.34. The van der Waals surface area contributed by atoms with Crippen molar-refractivity contribution in [2.75, 3.05) is 0 Å². The van der Waals surface area contributed by atoms with Gasteiger partial charge in [-0.25, -0.2) is 19.6 Å². The van der Waals surface area contributed by atoms with Gasteiger partial charge < -0.3 is 20.2 Å². The van der Waals surface area contributed by atoms with Gasteiger partial charge in [-0.2, -0.15) is 0 Å². The van der Waals surface area contributed by atoms with Gasteiger partial charge in [-0.3, -0.25) is 9.59 Å². The molecule has 10 nitrogen and oxygen atoms in total. The van der Waals surface area contributed by atoms with Crippen molar-refractivity contribution in [3.8, 4) is 0 Å². The highest BCUT2D eigenvalue weighted by Crippen LogP contribution is 2.06. The molecule has 0 saturated carbocycles. The van der Waals surface area contributed by atoms with Crippen LogP contribution in [0.15, 0.2) is 58.1 Å². The van der Waals surface area contributed by atoms with E-state index in [2.05, 4.69) is 19.9 Å². The number of carbonyl (C=O) groups is 2. The van der Waals surface area contributed by atoms with Crippen LogP contribution in [0.2, 0.25) is 0 Å². The molecule has 0 radical (unpaired) electrons. The van der Waals surface area contributed by atoms with E-state index in [1.165, 1.54) is 0 Å². The molecule has 4 aromatic rings.